The molecule has 6 heteroatoms. The van der Waals surface area contributed by atoms with Crippen LogP contribution in [-0.2, 0) is 11.3 Å². The smallest absolute Gasteiger partial charge is 0.322 e. The van der Waals surface area contributed by atoms with Gasteiger partial charge in [0.1, 0.15) is 0 Å². The first-order valence-corrected chi connectivity index (χ1v) is 6.30. The molecule has 1 aromatic carbocycles. The van der Waals surface area contributed by atoms with E-state index in [2.05, 4.69) is 5.32 Å². The van der Waals surface area contributed by atoms with E-state index in [4.69, 9.17) is 15.6 Å². The molecule has 0 saturated carbocycles. The molecule has 0 aromatic heterocycles. The summed E-state index contributed by atoms with van der Waals surface area (Å²) in [5.74, 6) is 0. The van der Waals surface area contributed by atoms with E-state index in [0.29, 0.717) is 26.2 Å². The molecule has 104 valence electrons. The lowest BCUT2D eigenvalue weighted by molar-refractivity contribution is -0.0388. The first-order chi connectivity index (χ1) is 9.22. The van der Waals surface area contributed by atoms with Crippen LogP contribution in [0.4, 0.5) is 10.5 Å². The number of aliphatic hydroxyl groups excluding tert-OH is 1. The number of rotatable bonds is 3. The number of ether oxygens (including phenoxy) is 1. The number of hydrogen-bond donors (Lipinski definition) is 3. The largest absolute Gasteiger partial charge is 0.394 e. The SMILES string of the molecule is NCc1cccc(NC(=O)N2CCOC(CO)C2)c1. The van der Waals surface area contributed by atoms with Gasteiger partial charge in [0.25, 0.3) is 0 Å². The van der Waals surface area contributed by atoms with Crippen molar-refractivity contribution >= 4 is 11.7 Å². The van der Waals surface area contributed by atoms with Gasteiger partial charge in [0.05, 0.1) is 25.9 Å². The number of nitrogens with zero attached hydrogens (tertiary/aromatic N) is 1. The van der Waals surface area contributed by atoms with Gasteiger partial charge in [0.15, 0.2) is 0 Å². The van der Waals surface area contributed by atoms with Crippen molar-refractivity contribution in [2.45, 2.75) is 12.6 Å². The van der Waals surface area contributed by atoms with Crippen LogP contribution >= 0.6 is 0 Å². The predicted octanol–water partition coefficient (Wildman–Crippen LogP) is 0.370. The Morgan fingerprint density at radius 1 is 1.58 bits per heavy atom. The zero-order chi connectivity index (χ0) is 13.7. The molecule has 1 saturated heterocycles. The Morgan fingerprint density at radius 2 is 2.42 bits per heavy atom. The molecule has 0 bridgehead atoms. The Hall–Kier alpha value is -1.63. The first-order valence-electron chi connectivity index (χ1n) is 6.30. The van der Waals surface area contributed by atoms with Crippen molar-refractivity contribution in [2.75, 3.05) is 31.6 Å². The number of nitrogens with one attached hydrogen (secondary N) is 1. The number of anilines is 1. The zero-order valence-corrected chi connectivity index (χ0v) is 10.7. The molecule has 1 aliphatic rings. The molecule has 1 unspecified atom stereocenters. The summed E-state index contributed by atoms with van der Waals surface area (Å²) in [5, 5.41) is 11.9. The van der Waals surface area contributed by atoms with Gasteiger partial charge in [-0.2, -0.15) is 0 Å². The molecule has 2 amide bonds. The summed E-state index contributed by atoms with van der Waals surface area (Å²) < 4.78 is 5.31. The summed E-state index contributed by atoms with van der Waals surface area (Å²) in [4.78, 5) is 13.7. The molecule has 1 heterocycles. The monoisotopic (exact) mass is 265 g/mol. The van der Waals surface area contributed by atoms with Crippen molar-refractivity contribution < 1.29 is 14.6 Å². The number of morpholine rings is 1. The average Bonchev–Trinajstić information content (AvgIpc) is 2.47. The molecule has 1 atom stereocenters. The van der Waals surface area contributed by atoms with Crippen LogP contribution in [-0.4, -0.2) is 48.4 Å². The Kier molecular flexibility index (Phi) is 4.73. The maximum Gasteiger partial charge on any atom is 0.322 e. The van der Waals surface area contributed by atoms with Gasteiger partial charge in [-0.3, -0.25) is 0 Å². The molecule has 1 aliphatic heterocycles. The lowest BCUT2D eigenvalue weighted by atomic mass is 10.2. The number of urea groups is 1. The van der Waals surface area contributed by atoms with Gasteiger partial charge < -0.3 is 25.8 Å². The van der Waals surface area contributed by atoms with Gasteiger partial charge >= 0.3 is 6.03 Å². The summed E-state index contributed by atoms with van der Waals surface area (Å²) in [6.07, 6.45) is -0.296. The Balaban J connectivity index is 1.96. The van der Waals surface area contributed by atoms with E-state index in [1.54, 1.807) is 4.90 Å². The minimum absolute atomic E-state index is 0.0769. The van der Waals surface area contributed by atoms with Crippen LogP contribution in [0.15, 0.2) is 24.3 Å². The summed E-state index contributed by atoms with van der Waals surface area (Å²) in [5.41, 5.74) is 7.25. The molecule has 2 rings (SSSR count). The molecule has 4 N–H and O–H groups in total. The van der Waals surface area contributed by atoms with Crippen molar-refractivity contribution in [2.24, 2.45) is 5.73 Å². The summed E-state index contributed by atoms with van der Waals surface area (Å²) in [6.45, 7) is 1.74. The van der Waals surface area contributed by atoms with Crippen molar-refractivity contribution in [3.8, 4) is 0 Å². The predicted molar refractivity (Wildman–Crippen MR) is 71.8 cm³/mol. The molecule has 0 spiro atoms. The van der Waals surface area contributed by atoms with Crippen LogP contribution in [0.3, 0.4) is 0 Å². The van der Waals surface area contributed by atoms with Crippen molar-refractivity contribution in [3.63, 3.8) is 0 Å². The lowest BCUT2D eigenvalue weighted by Crippen LogP contribution is -2.48. The number of carbonyl (C=O) groups excluding carboxylic acids is 1. The third-order valence-corrected chi connectivity index (χ3v) is 3.04. The van der Waals surface area contributed by atoms with Gasteiger partial charge in [-0.25, -0.2) is 4.79 Å². The standard InChI is InChI=1S/C13H19N3O3/c14-7-10-2-1-3-11(6-10)15-13(18)16-4-5-19-12(8-16)9-17/h1-3,6,12,17H,4-5,7-9,14H2,(H,15,18). The maximum atomic E-state index is 12.1. The number of nitrogens with two attached hydrogens (primary N) is 1. The summed E-state index contributed by atoms with van der Waals surface area (Å²) >= 11 is 0. The first kappa shape index (κ1) is 13.8. The van der Waals surface area contributed by atoms with Crippen LogP contribution in [0.1, 0.15) is 5.56 Å². The van der Waals surface area contributed by atoms with Gasteiger partial charge in [-0.05, 0) is 17.7 Å². The fraction of sp³-hybridized carbons (Fsp3) is 0.462. The lowest BCUT2D eigenvalue weighted by Gasteiger charge is -2.32. The van der Waals surface area contributed by atoms with Gasteiger partial charge in [0, 0.05) is 18.8 Å². The summed E-state index contributed by atoms with van der Waals surface area (Å²) in [7, 11) is 0. The van der Waals surface area contributed by atoms with Crippen LogP contribution in [0.2, 0.25) is 0 Å². The molecule has 19 heavy (non-hydrogen) atoms. The number of benzene rings is 1. The van der Waals surface area contributed by atoms with Gasteiger partial charge in [-0.1, -0.05) is 12.1 Å². The fourth-order valence-electron chi connectivity index (χ4n) is 1.99. The van der Waals surface area contributed by atoms with E-state index in [-0.39, 0.29) is 18.7 Å². The van der Waals surface area contributed by atoms with Gasteiger partial charge in [0.2, 0.25) is 0 Å². The Morgan fingerprint density at radius 3 is 3.16 bits per heavy atom. The third-order valence-electron chi connectivity index (χ3n) is 3.04. The van der Waals surface area contributed by atoms with Gasteiger partial charge in [-0.15, -0.1) is 0 Å². The Bertz CT molecular complexity index is 439. The maximum absolute atomic E-state index is 12.1. The highest BCUT2D eigenvalue weighted by Gasteiger charge is 2.23. The number of hydrogen-bond acceptors (Lipinski definition) is 4. The van der Waals surface area contributed by atoms with E-state index in [1.807, 2.05) is 24.3 Å². The quantitative estimate of drug-likeness (QED) is 0.737. The molecule has 6 nitrogen and oxygen atoms in total. The van der Waals surface area contributed by atoms with Crippen LogP contribution in [0.25, 0.3) is 0 Å². The third kappa shape index (κ3) is 3.66. The van der Waals surface area contributed by atoms with Crippen LogP contribution < -0.4 is 11.1 Å². The number of carbonyl (C=O) groups is 1. The molecule has 0 aliphatic carbocycles. The van der Waals surface area contributed by atoms with Crippen molar-refractivity contribution in [3.05, 3.63) is 29.8 Å². The molecule has 1 fully saturated rings. The second-order valence-electron chi connectivity index (χ2n) is 4.46. The zero-order valence-electron chi connectivity index (χ0n) is 10.7. The summed E-state index contributed by atoms with van der Waals surface area (Å²) in [6, 6.07) is 7.25. The minimum atomic E-state index is -0.296. The fourth-order valence-corrected chi connectivity index (χ4v) is 1.99. The topological polar surface area (TPSA) is 87.8 Å². The van der Waals surface area contributed by atoms with E-state index < -0.39 is 0 Å². The molecule has 1 aromatic rings. The highest BCUT2D eigenvalue weighted by atomic mass is 16.5. The minimum Gasteiger partial charge on any atom is -0.394 e. The second kappa shape index (κ2) is 6.51. The number of amides is 2. The second-order valence-corrected chi connectivity index (χ2v) is 4.46. The molecule has 0 radical (unpaired) electrons. The van der Waals surface area contributed by atoms with E-state index in [0.717, 1.165) is 11.3 Å². The van der Waals surface area contributed by atoms with E-state index in [1.165, 1.54) is 0 Å². The Labute approximate surface area is 112 Å². The van der Waals surface area contributed by atoms with E-state index in [9.17, 15) is 4.79 Å². The van der Waals surface area contributed by atoms with Crippen LogP contribution in [0, 0.1) is 0 Å². The number of aliphatic hydroxyl groups is 1. The highest BCUT2D eigenvalue weighted by Crippen LogP contribution is 2.12. The molecular formula is C13H19N3O3. The normalized spacial score (nSPS) is 19.3. The van der Waals surface area contributed by atoms with Crippen molar-refractivity contribution in [1.82, 2.24) is 4.90 Å². The average molecular weight is 265 g/mol. The van der Waals surface area contributed by atoms with Crippen LogP contribution in [0.5, 0.6) is 0 Å². The van der Waals surface area contributed by atoms with E-state index >= 15 is 0 Å². The van der Waals surface area contributed by atoms with Crippen molar-refractivity contribution in [1.29, 1.82) is 0 Å². The molecular weight excluding hydrogens is 246 g/mol. The highest BCUT2D eigenvalue weighted by molar-refractivity contribution is 5.89.